The van der Waals surface area contributed by atoms with Gasteiger partial charge in [0.2, 0.25) is 15.9 Å². The van der Waals surface area contributed by atoms with Crippen molar-refractivity contribution in [2.24, 2.45) is 23.5 Å². The van der Waals surface area contributed by atoms with Gasteiger partial charge in [-0.05, 0) is 42.9 Å². The summed E-state index contributed by atoms with van der Waals surface area (Å²) in [6.07, 6.45) is 4.71. The first-order chi connectivity index (χ1) is 11.0. The number of nitrogens with one attached hydrogen (secondary N) is 2. The quantitative estimate of drug-likeness (QED) is 0.706. The van der Waals surface area contributed by atoms with Crippen LogP contribution in [0.2, 0.25) is 0 Å². The Kier molecular flexibility index (Phi) is 6.25. The summed E-state index contributed by atoms with van der Waals surface area (Å²) in [7, 11) is -3.59. The summed E-state index contributed by atoms with van der Waals surface area (Å²) in [5, 5.41) is 2.87. The Bertz CT molecular complexity index is 684. The van der Waals surface area contributed by atoms with Gasteiger partial charge in [-0.25, -0.2) is 13.1 Å². The van der Waals surface area contributed by atoms with Crippen LogP contribution in [0.5, 0.6) is 0 Å². The van der Waals surface area contributed by atoms with Gasteiger partial charge in [-0.15, -0.1) is 12.4 Å². The Balaban J connectivity index is 0.00000208. The summed E-state index contributed by atoms with van der Waals surface area (Å²) in [6.45, 7) is 0.421. The van der Waals surface area contributed by atoms with E-state index >= 15 is 0 Å². The normalized spacial score (nSPS) is 25.3. The number of nitrogens with two attached hydrogens (primary N) is 1. The van der Waals surface area contributed by atoms with Gasteiger partial charge in [0.15, 0.2) is 0 Å². The topological polar surface area (TPSA) is 101 Å². The monoisotopic (exact) mass is 373 g/mol. The molecule has 2 unspecified atom stereocenters. The van der Waals surface area contributed by atoms with Crippen molar-refractivity contribution < 1.29 is 13.2 Å². The second-order valence-corrected chi connectivity index (χ2v) is 8.11. The van der Waals surface area contributed by atoms with Crippen molar-refractivity contribution >= 4 is 34.0 Å². The highest BCUT2D eigenvalue weighted by Crippen LogP contribution is 2.55. The van der Waals surface area contributed by atoms with Crippen LogP contribution in [0, 0.1) is 17.8 Å². The minimum absolute atomic E-state index is 0. The molecule has 1 amide bonds. The smallest absolute Gasteiger partial charge is 0.240 e. The molecule has 2 saturated carbocycles. The summed E-state index contributed by atoms with van der Waals surface area (Å²) in [6, 6.07) is 6.34. The standard InChI is InChI=1S/C16H23N3O3S.ClH/c17-8-9-18-23(21,22)12-5-3-4-11(10-12)19-16(20)15-13-6-1-2-7-14(13)15;/h3-5,10,13-15,18H,1-2,6-9,17H2,(H,19,20);1H. The molecule has 8 heteroatoms. The van der Waals surface area contributed by atoms with Crippen molar-refractivity contribution in [3.8, 4) is 0 Å². The van der Waals surface area contributed by atoms with Gasteiger partial charge in [-0.3, -0.25) is 4.79 Å². The molecule has 2 aliphatic carbocycles. The molecule has 134 valence electrons. The maximum atomic E-state index is 12.4. The summed E-state index contributed by atoms with van der Waals surface area (Å²) in [5.74, 6) is 1.18. The Labute approximate surface area is 149 Å². The van der Waals surface area contributed by atoms with Crippen LogP contribution in [0.15, 0.2) is 29.2 Å². The number of anilines is 1. The molecule has 0 spiro atoms. The first-order valence-electron chi connectivity index (χ1n) is 8.13. The molecule has 24 heavy (non-hydrogen) atoms. The fraction of sp³-hybridized carbons (Fsp3) is 0.562. The van der Waals surface area contributed by atoms with E-state index < -0.39 is 10.0 Å². The molecule has 0 saturated heterocycles. The third-order valence-electron chi connectivity index (χ3n) is 4.81. The molecule has 2 aliphatic rings. The fourth-order valence-corrected chi connectivity index (χ4v) is 4.72. The van der Waals surface area contributed by atoms with E-state index in [0.717, 1.165) is 12.8 Å². The highest BCUT2D eigenvalue weighted by atomic mass is 35.5. The molecule has 6 nitrogen and oxygen atoms in total. The van der Waals surface area contributed by atoms with Crippen molar-refractivity contribution in [2.75, 3.05) is 18.4 Å². The zero-order valence-electron chi connectivity index (χ0n) is 13.4. The van der Waals surface area contributed by atoms with Gasteiger partial charge in [0.1, 0.15) is 0 Å². The lowest BCUT2D eigenvalue weighted by molar-refractivity contribution is -0.117. The molecule has 0 bridgehead atoms. The van der Waals surface area contributed by atoms with Crippen LogP contribution in [-0.2, 0) is 14.8 Å². The van der Waals surface area contributed by atoms with Crippen molar-refractivity contribution in [1.29, 1.82) is 0 Å². The van der Waals surface area contributed by atoms with Crippen molar-refractivity contribution in [1.82, 2.24) is 4.72 Å². The average molecular weight is 374 g/mol. The average Bonchev–Trinajstić information content (AvgIpc) is 3.28. The van der Waals surface area contributed by atoms with Gasteiger partial charge in [0, 0.05) is 24.7 Å². The van der Waals surface area contributed by atoms with E-state index in [9.17, 15) is 13.2 Å². The van der Waals surface area contributed by atoms with Crippen LogP contribution in [-0.4, -0.2) is 27.4 Å². The first-order valence-corrected chi connectivity index (χ1v) is 9.62. The van der Waals surface area contributed by atoms with Gasteiger partial charge < -0.3 is 11.1 Å². The second-order valence-electron chi connectivity index (χ2n) is 6.34. The van der Waals surface area contributed by atoms with Crippen LogP contribution >= 0.6 is 12.4 Å². The first kappa shape index (κ1) is 19.2. The van der Waals surface area contributed by atoms with Crippen LogP contribution in [0.1, 0.15) is 25.7 Å². The Morgan fingerprint density at radius 1 is 1.21 bits per heavy atom. The molecule has 2 fully saturated rings. The SMILES string of the molecule is Cl.NCCNS(=O)(=O)c1cccc(NC(=O)C2C3CCCCC32)c1. The van der Waals surface area contributed by atoms with Crippen LogP contribution in [0.3, 0.4) is 0 Å². The number of fused-ring (bicyclic) bond motifs is 1. The van der Waals surface area contributed by atoms with Gasteiger partial charge in [0.25, 0.3) is 0 Å². The lowest BCUT2D eigenvalue weighted by atomic mass is 10.0. The predicted octanol–water partition coefficient (Wildman–Crippen LogP) is 1.72. The van der Waals surface area contributed by atoms with E-state index in [1.807, 2.05) is 0 Å². The zero-order valence-corrected chi connectivity index (χ0v) is 15.0. The zero-order chi connectivity index (χ0) is 16.4. The third kappa shape index (κ3) is 4.08. The van der Waals surface area contributed by atoms with E-state index in [2.05, 4.69) is 10.0 Å². The van der Waals surface area contributed by atoms with Gasteiger partial charge in [-0.1, -0.05) is 18.9 Å². The maximum Gasteiger partial charge on any atom is 0.240 e. The highest BCUT2D eigenvalue weighted by molar-refractivity contribution is 7.89. The largest absolute Gasteiger partial charge is 0.329 e. The molecule has 0 aromatic heterocycles. The van der Waals surface area contributed by atoms with Gasteiger partial charge in [0.05, 0.1) is 4.90 Å². The van der Waals surface area contributed by atoms with Crippen molar-refractivity contribution in [2.45, 2.75) is 30.6 Å². The molecule has 0 radical (unpaired) electrons. The number of hydrogen-bond acceptors (Lipinski definition) is 4. The van der Waals surface area contributed by atoms with Crippen molar-refractivity contribution in [3.63, 3.8) is 0 Å². The van der Waals surface area contributed by atoms with E-state index in [1.165, 1.54) is 25.0 Å². The lowest BCUT2D eigenvalue weighted by Crippen LogP contribution is -2.29. The molecule has 1 aromatic rings. The maximum absolute atomic E-state index is 12.4. The van der Waals surface area contributed by atoms with E-state index in [1.54, 1.807) is 12.1 Å². The molecule has 0 aliphatic heterocycles. The van der Waals surface area contributed by atoms with Crippen LogP contribution in [0.25, 0.3) is 0 Å². The van der Waals surface area contributed by atoms with Crippen LogP contribution in [0.4, 0.5) is 5.69 Å². The van der Waals surface area contributed by atoms with E-state index in [4.69, 9.17) is 5.73 Å². The lowest BCUT2D eigenvalue weighted by Gasteiger charge is -2.09. The van der Waals surface area contributed by atoms with Gasteiger partial charge >= 0.3 is 0 Å². The summed E-state index contributed by atoms with van der Waals surface area (Å²) < 4.78 is 26.6. The number of amides is 1. The summed E-state index contributed by atoms with van der Waals surface area (Å²) >= 11 is 0. The Morgan fingerprint density at radius 3 is 2.50 bits per heavy atom. The number of carbonyl (C=O) groups excluding carboxylic acids is 1. The van der Waals surface area contributed by atoms with E-state index in [0.29, 0.717) is 17.5 Å². The Hall–Kier alpha value is -1.15. The third-order valence-corrected chi connectivity index (χ3v) is 6.27. The minimum Gasteiger partial charge on any atom is -0.329 e. The summed E-state index contributed by atoms with van der Waals surface area (Å²) in [4.78, 5) is 12.5. The molecule has 2 atom stereocenters. The number of hydrogen-bond donors (Lipinski definition) is 3. The molecule has 1 aromatic carbocycles. The molecular weight excluding hydrogens is 350 g/mol. The molecular formula is C16H24ClN3O3S. The number of halogens is 1. The van der Waals surface area contributed by atoms with Crippen LogP contribution < -0.4 is 15.8 Å². The number of rotatable bonds is 6. The number of sulfonamides is 1. The molecule has 3 rings (SSSR count). The second kappa shape index (κ2) is 7.82. The Morgan fingerprint density at radius 2 is 1.88 bits per heavy atom. The fourth-order valence-electron chi connectivity index (χ4n) is 3.62. The minimum atomic E-state index is -3.59. The van der Waals surface area contributed by atoms with Crippen molar-refractivity contribution in [3.05, 3.63) is 24.3 Å². The summed E-state index contributed by atoms with van der Waals surface area (Å²) in [5.41, 5.74) is 5.85. The molecule has 4 N–H and O–H groups in total. The predicted molar refractivity (Wildman–Crippen MR) is 95.5 cm³/mol. The molecule has 0 heterocycles. The number of carbonyl (C=O) groups is 1. The van der Waals surface area contributed by atoms with Gasteiger partial charge in [-0.2, -0.15) is 0 Å². The highest BCUT2D eigenvalue weighted by Gasteiger charge is 2.54. The van der Waals surface area contributed by atoms with E-state index in [-0.39, 0.29) is 42.2 Å². The number of benzene rings is 1.